The van der Waals surface area contributed by atoms with E-state index in [1.165, 1.54) is 31.4 Å². The van der Waals surface area contributed by atoms with Crippen molar-refractivity contribution in [3.05, 3.63) is 28.2 Å². The number of nitrogens with one attached hydrogen (secondary N) is 2. The van der Waals surface area contributed by atoms with Crippen molar-refractivity contribution in [2.45, 2.75) is 19.3 Å². The maximum atomic E-state index is 11.7. The molecule has 0 radical (unpaired) electrons. The molecule has 3 N–H and O–H groups in total. The van der Waals surface area contributed by atoms with Gasteiger partial charge in [0, 0.05) is 11.0 Å². The molecule has 0 spiro atoms. The number of hydrogen-bond acceptors (Lipinski definition) is 2. The van der Waals surface area contributed by atoms with Crippen LogP contribution >= 0.6 is 15.9 Å². The van der Waals surface area contributed by atoms with Gasteiger partial charge in [0.2, 0.25) is 0 Å². The lowest BCUT2D eigenvalue weighted by Gasteiger charge is -2.25. The standard InChI is InChI=1S/C13H15BrN2O3/c14-10-5-4-9(12(17)18)6-11(10)16-13(19)15-7-8-2-1-3-8/h4-6,8H,1-3,7H2,(H,17,18)(H2,15,16,19). The number of carboxylic acid groups (broad SMARTS) is 1. The summed E-state index contributed by atoms with van der Waals surface area (Å²) < 4.78 is 0.649. The van der Waals surface area contributed by atoms with Crippen molar-refractivity contribution in [3.8, 4) is 0 Å². The van der Waals surface area contributed by atoms with Crippen LogP contribution in [0.3, 0.4) is 0 Å². The lowest BCUT2D eigenvalue weighted by atomic mass is 9.85. The van der Waals surface area contributed by atoms with E-state index in [1.807, 2.05) is 0 Å². The van der Waals surface area contributed by atoms with Gasteiger partial charge in [-0.2, -0.15) is 0 Å². The molecule has 0 heterocycles. The molecule has 0 atom stereocenters. The van der Waals surface area contributed by atoms with Gasteiger partial charge < -0.3 is 15.7 Å². The van der Waals surface area contributed by atoms with Crippen molar-refractivity contribution < 1.29 is 14.7 Å². The number of benzene rings is 1. The largest absolute Gasteiger partial charge is 0.478 e. The molecule has 0 unspecified atom stereocenters. The fourth-order valence-corrected chi connectivity index (χ4v) is 2.20. The molecule has 0 aliphatic heterocycles. The van der Waals surface area contributed by atoms with Gasteiger partial charge in [-0.05, 0) is 52.9 Å². The third-order valence-electron chi connectivity index (χ3n) is 3.24. The molecule has 2 rings (SSSR count). The average molecular weight is 327 g/mol. The molecule has 102 valence electrons. The Labute approximate surface area is 119 Å². The second-order valence-corrected chi connectivity index (χ2v) is 5.49. The van der Waals surface area contributed by atoms with Crippen molar-refractivity contribution in [2.24, 2.45) is 5.92 Å². The van der Waals surface area contributed by atoms with Crippen LogP contribution in [0.4, 0.5) is 10.5 Å². The first kappa shape index (κ1) is 13.9. The minimum atomic E-state index is -1.02. The van der Waals surface area contributed by atoms with Crippen LogP contribution in [0.25, 0.3) is 0 Å². The number of carbonyl (C=O) groups is 2. The molecule has 19 heavy (non-hydrogen) atoms. The number of carbonyl (C=O) groups excluding carboxylic acids is 1. The first-order valence-corrected chi connectivity index (χ1v) is 6.93. The van der Waals surface area contributed by atoms with E-state index in [4.69, 9.17) is 5.11 Å². The quantitative estimate of drug-likeness (QED) is 0.795. The van der Waals surface area contributed by atoms with Crippen LogP contribution in [0, 0.1) is 5.92 Å². The highest BCUT2D eigenvalue weighted by Crippen LogP contribution is 2.26. The second-order valence-electron chi connectivity index (χ2n) is 4.63. The predicted molar refractivity (Wildman–Crippen MR) is 75.5 cm³/mol. The average Bonchev–Trinajstić information content (AvgIpc) is 2.29. The van der Waals surface area contributed by atoms with Crippen molar-refractivity contribution in [1.82, 2.24) is 5.32 Å². The van der Waals surface area contributed by atoms with Crippen molar-refractivity contribution in [1.29, 1.82) is 0 Å². The summed E-state index contributed by atoms with van der Waals surface area (Å²) >= 11 is 3.28. The highest BCUT2D eigenvalue weighted by atomic mass is 79.9. The minimum absolute atomic E-state index is 0.137. The summed E-state index contributed by atoms with van der Waals surface area (Å²) in [5.41, 5.74) is 0.587. The van der Waals surface area contributed by atoms with E-state index in [0.717, 1.165) is 0 Å². The zero-order chi connectivity index (χ0) is 13.8. The fraction of sp³-hybridized carbons (Fsp3) is 0.385. The van der Waals surface area contributed by atoms with Crippen LogP contribution in [0.2, 0.25) is 0 Å². The lowest BCUT2D eigenvalue weighted by molar-refractivity contribution is 0.0697. The fourth-order valence-electron chi connectivity index (χ4n) is 1.85. The molecule has 6 heteroatoms. The molecule has 1 aromatic carbocycles. The zero-order valence-electron chi connectivity index (χ0n) is 10.3. The minimum Gasteiger partial charge on any atom is -0.478 e. The third-order valence-corrected chi connectivity index (χ3v) is 3.93. The number of carboxylic acids is 1. The van der Waals surface area contributed by atoms with Crippen LogP contribution < -0.4 is 10.6 Å². The highest BCUT2D eigenvalue weighted by Gasteiger charge is 2.18. The number of aromatic carboxylic acids is 1. The van der Waals surface area contributed by atoms with Gasteiger partial charge in [0.1, 0.15) is 0 Å². The first-order valence-electron chi connectivity index (χ1n) is 6.14. The van der Waals surface area contributed by atoms with Crippen molar-refractivity contribution >= 4 is 33.6 Å². The topological polar surface area (TPSA) is 78.4 Å². The summed E-state index contributed by atoms with van der Waals surface area (Å²) in [6.07, 6.45) is 3.57. The summed E-state index contributed by atoms with van der Waals surface area (Å²) in [5.74, 6) is -0.440. The molecule has 5 nitrogen and oxygen atoms in total. The van der Waals surface area contributed by atoms with Gasteiger partial charge in [0.15, 0.2) is 0 Å². The summed E-state index contributed by atoms with van der Waals surface area (Å²) in [7, 11) is 0. The van der Waals surface area contributed by atoms with E-state index in [9.17, 15) is 9.59 Å². The van der Waals surface area contributed by atoms with Gasteiger partial charge in [-0.15, -0.1) is 0 Å². The molecule has 1 fully saturated rings. The van der Waals surface area contributed by atoms with Gasteiger partial charge in [0.25, 0.3) is 0 Å². The number of anilines is 1. The molecular formula is C13H15BrN2O3. The Balaban J connectivity index is 1.94. The van der Waals surface area contributed by atoms with E-state index in [0.29, 0.717) is 22.6 Å². The number of halogens is 1. The Hall–Kier alpha value is -1.56. The van der Waals surface area contributed by atoms with Crippen LogP contribution in [-0.2, 0) is 0 Å². The van der Waals surface area contributed by atoms with Crippen LogP contribution in [-0.4, -0.2) is 23.7 Å². The maximum absolute atomic E-state index is 11.7. The van der Waals surface area contributed by atoms with Gasteiger partial charge in [-0.25, -0.2) is 9.59 Å². The number of amides is 2. The van der Waals surface area contributed by atoms with Crippen LogP contribution in [0.15, 0.2) is 22.7 Å². The molecule has 0 aromatic heterocycles. The molecule has 1 aromatic rings. The van der Waals surface area contributed by atoms with E-state index >= 15 is 0 Å². The molecule has 0 saturated heterocycles. The zero-order valence-corrected chi connectivity index (χ0v) is 11.9. The Morgan fingerprint density at radius 3 is 2.68 bits per heavy atom. The lowest BCUT2D eigenvalue weighted by Crippen LogP contribution is -2.35. The highest BCUT2D eigenvalue weighted by molar-refractivity contribution is 9.10. The summed E-state index contributed by atoms with van der Waals surface area (Å²) in [6, 6.07) is 4.19. The van der Waals surface area contributed by atoms with Gasteiger partial charge >= 0.3 is 12.0 Å². The van der Waals surface area contributed by atoms with Crippen LogP contribution in [0.1, 0.15) is 29.6 Å². The maximum Gasteiger partial charge on any atom is 0.335 e. The van der Waals surface area contributed by atoms with Gasteiger partial charge in [-0.3, -0.25) is 0 Å². The van der Waals surface area contributed by atoms with Crippen LogP contribution in [0.5, 0.6) is 0 Å². The monoisotopic (exact) mass is 326 g/mol. The van der Waals surface area contributed by atoms with E-state index in [-0.39, 0.29) is 11.6 Å². The van der Waals surface area contributed by atoms with E-state index in [1.54, 1.807) is 6.07 Å². The number of rotatable bonds is 4. The summed E-state index contributed by atoms with van der Waals surface area (Å²) in [6.45, 7) is 0.669. The summed E-state index contributed by atoms with van der Waals surface area (Å²) in [4.78, 5) is 22.6. The van der Waals surface area contributed by atoms with Crippen molar-refractivity contribution in [3.63, 3.8) is 0 Å². The molecule has 2 amide bonds. The Bertz CT molecular complexity index is 501. The normalized spacial score (nSPS) is 14.6. The summed E-state index contributed by atoms with van der Waals surface area (Å²) in [5, 5.41) is 14.3. The first-order chi connectivity index (χ1) is 9.06. The van der Waals surface area contributed by atoms with Gasteiger partial charge in [0.05, 0.1) is 11.3 Å². The molecule has 1 aliphatic rings. The second kappa shape index (κ2) is 6.06. The van der Waals surface area contributed by atoms with Gasteiger partial charge in [-0.1, -0.05) is 6.42 Å². The molecular weight excluding hydrogens is 312 g/mol. The Morgan fingerprint density at radius 1 is 1.37 bits per heavy atom. The molecule has 1 aliphatic carbocycles. The smallest absolute Gasteiger partial charge is 0.335 e. The Kier molecular flexibility index (Phi) is 4.42. The van der Waals surface area contributed by atoms with E-state index in [2.05, 4.69) is 26.6 Å². The molecule has 1 saturated carbocycles. The number of hydrogen-bond donors (Lipinski definition) is 3. The third kappa shape index (κ3) is 3.70. The SMILES string of the molecule is O=C(NCC1CCC1)Nc1cc(C(=O)O)ccc1Br. The molecule has 0 bridgehead atoms. The number of urea groups is 1. The Morgan fingerprint density at radius 2 is 2.11 bits per heavy atom. The van der Waals surface area contributed by atoms with E-state index < -0.39 is 5.97 Å². The predicted octanol–water partition coefficient (Wildman–Crippen LogP) is 3.07. The van der Waals surface area contributed by atoms with Crippen molar-refractivity contribution in [2.75, 3.05) is 11.9 Å².